The molecule has 1 aliphatic carbocycles. The Morgan fingerprint density at radius 1 is 1.38 bits per heavy atom. The highest BCUT2D eigenvalue weighted by Gasteiger charge is 2.18. The maximum absolute atomic E-state index is 11.9. The Kier molecular flexibility index (Phi) is 5.64. The zero-order valence-electron chi connectivity index (χ0n) is 11.0. The first-order valence-electron chi connectivity index (χ1n) is 6.65. The van der Waals surface area contributed by atoms with Crippen molar-refractivity contribution in [1.29, 1.82) is 0 Å². The van der Waals surface area contributed by atoms with Gasteiger partial charge in [-0.2, -0.15) is 0 Å². The van der Waals surface area contributed by atoms with Crippen molar-refractivity contribution < 1.29 is 4.79 Å². The van der Waals surface area contributed by atoms with Crippen LogP contribution in [0.15, 0.2) is 0 Å². The third-order valence-corrected chi connectivity index (χ3v) is 3.56. The van der Waals surface area contributed by atoms with E-state index in [4.69, 9.17) is 0 Å². The van der Waals surface area contributed by atoms with Crippen LogP contribution in [0.4, 0.5) is 4.79 Å². The molecule has 1 fully saturated rings. The molecular formula is C13H26N2O. The lowest BCUT2D eigenvalue weighted by Gasteiger charge is -2.27. The van der Waals surface area contributed by atoms with Gasteiger partial charge in [0.05, 0.1) is 0 Å². The van der Waals surface area contributed by atoms with E-state index in [9.17, 15) is 4.79 Å². The number of nitrogens with zero attached hydrogens (tertiary/aromatic N) is 1. The number of nitrogens with one attached hydrogen (secondary N) is 1. The van der Waals surface area contributed by atoms with Gasteiger partial charge in [0.25, 0.3) is 0 Å². The predicted octanol–water partition coefficient (Wildman–Crippen LogP) is 3.01. The van der Waals surface area contributed by atoms with Gasteiger partial charge >= 0.3 is 6.03 Å². The van der Waals surface area contributed by atoms with Gasteiger partial charge in [0, 0.05) is 19.6 Å². The molecule has 1 N–H and O–H groups in total. The van der Waals surface area contributed by atoms with Gasteiger partial charge in [0.2, 0.25) is 0 Å². The molecule has 0 aromatic rings. The van der Waals surface area contributed by atoms with Crippen LogP contribution < -0.4 is 5.32 Å². The first-order chi connectivity index (χ1) is 7.63. The molecule has 0 bridgehead atoms. The Labute approximate surface area is 99.6 Å². The number of hydrogen-bond acceptors (Lipinski definition) is 1. The maximum Gasteiger partial charge on any atom is 0.317 e. The molecule has 0 radical (unpaired) electrons. The smallest absolute Gasteiger partial charge is 0.317 e. The summed E-state index contributed by atoms with van der Waals surface area (Å²) in [4.78, 5) is 13.7. The fourth-order valence-corrected chi connectivity index (χ4v) is 2.21. The van der Waals surface area contributed by atoms with Gasteiger partial charge in [-0.25, -0.2) is 4.79 Å². The molecule has 94 valence electrons. The normalized spacial score (nSPS) is 19.2. The Morgan fingerprint density at radius 2 is 2.00 bits per heavy atom. The van der Waals surface area contributed by atoms with Crippen molar-refractivity contribution in [2.24, 2.45) is 5.92 Å². The number of carbonyl (C=O) groups excluding carboxylic acids is 1. The number of rotatable bonds is 4. The average Bonchev–Trinajstić information content (AvgIpc) is 2.30. The molecule has 0 spiro atoms. The van der Waals surface area contributed by atoms with Gasteiger partial charge in [-0.3, -0.25) is 0 Å². The molecule has 0 heterocycles. The Hall–Kier alpha value is -0.730. The monoisotopic (exact) mass is 226 g/mol. The van der Waals surface area contributed by atoms with Gasteiger partial charge in [0.15, 0.2) is 0 Å². The van der Waals surface area contributed by atoms with Crippen LogP contribution in [0.2, 0.25) is 0 Å². The van der Waals surface area contributed by atoms with Crippen LogP contribution in [0.25, 0.3) is 0 Å². The van der Waals surface area contributed by atoms with E-state index in [0.717, 1.165) is 25.8 Å². The quantitative estimate of drug-likeness (QED) is 0.785. The molecule has 0 saturated heterocycles. The van der Waals surface area contributed by atoms with Crippen LogP contribution >= 0.6 is 0 Å². The molecule has 1 atom stereocenters. The second-order valence-corrected chi connectivity index (χ2v) is 5.18. The fraction of sp³-hybridized carbons (Fsp3) is 0.923. The van der Waals surface area contributed by atoms with Gasteiger partial charge in [-0.15, -0.1) is 0 Å². The van der Waals surface area contributed by atoms with E-state index in [1.54, 1.807) is 0 Å². The highest BCUT2D eigenvalue weighted by Crippen LogP contribution is 2.17. The molecule has 1 aliphatic rings. The number of carbonyl (C=O) groups is 1. The van der Waals surface area contributed by atoms with Crippen molar-refractivity contribution in [3.05, 3.63) is 0 Å². The minimum Gasteiger partial charge on any atom is -0.335 e. The average molecular weight is 226 g/mol. The number of amides is 2. The van der Waals surface area contributed by atoms with Crippen LogP contribution in [0.1, 0.15) is 52.4 Å². The molecule has 1 unspecified atom stereocenters. The zero-order valence-corrected chi connectivity index (χ0v) is 11.0. The molecule has 3 nitrogen and oxygen atoms in total. The van der Waals surface area contributed by atoms with E-state index >= 15 is 0 Å². The third-order valence-electron chi connectivity index (χ3n) is 3.56. The lowest BCUT2D eigenvalue weighted by molar-refractivity contribution is 0.193. The van der Waals surface area contributed by atoms with E-state index in [-0.39, 0.29) is 6.03 Å². The number of urea groups is 1. The molecule has 0 aliphatic heterocycles. The van der Waals surface area contributed by atoms with Crippen LogP contribution in [0.3, 0.4) is 0 Å². The van der Waals surface area contributed by atoms with Crippen molar-refractivity contribution in [3.63, 3.8) is 0 Å². The minimum absolute atomic E-state index is 0.104. The van der Waals surface area contributed by atoms with Crippen molar-refractivity contribution in [3.8, 4) is 0 Å². The molecule has 16 heavy (non-hydrogen) atoms. The van der Waals surface area contributed by atoms with E-state index in [1.807, 2.05) is 11.9 Å². The molecular weight excluding hydrogens is 200 g/mol. The van der Waals surface area contributed by atoms with Gasteiger partial charge in [-0.05, 0) is 18.8 Å². The number of hydrogen-bond donors (Lipinski definition) is 1. The summed E-state index contributed by atoms with van der Waals surface area (Å²) in [5.74, 6) is 0.585. The second-order valence-electron chi connectivity index (χ2n) is 5.18. The van der Waals surface area contributed by atoms with Crippen LogP contribution in [-0.4, -0.2) is 30.6 Å². The SMILES string of the molecule is CCC(C)CN(C)C(=O)NC1CCCCC1. The topological polar surface area (TPSA) is 32.3 Å². The Balaban J connectivity index is 2.27. The summed E-state index contributed by atoms with van der Waals surface area (Å²) in [5.41, 5.74) is 0. The van der Waals surface area contributed by atoms with Crippen molar-refractivity contribution in [2.75, 3.05) is 13.6 Å². The molecule has 3 heteroatoms. The molecule has 1 rings (SSSR count). The minimum atomic E-state index is 0.104. The standard InChI is InChI=1S/C13H26N2O/c1-4-11(2)10-15(3)13(16)14-12-8-6-5-7-9-12/h11-12H,4-10H2,1-3H3,(H,14,16). The highest BCUT2D eigenvalue weighted by atomic mass is 16.2. The van der Waals surface area contributed by atoms with E-state index in [2.05, 4.69) is 19.2 Å². The first-order valence-corrected chi connectivity index (χ1v) is 6.65. The third kappa shape index (κ3) is 4.42. The fourth-order valence-electron chi connectivity index (χ4n) is 2.21. The van der Waals surface area contributed by atoms with E-state index in [0.29, 0.717) is 12.0 Å². The van der Waals surface area contributed by atoms with Gasteiger partial charge < -0.3 is 10.2 Å². The Morgan fingerprint density at radius 3 is 2.56 bits per heavy atom. The predicted molar refractivity (Wildman–Crippen MR) is 67.5 cm³/mol. The summed E-state index contributed by atoms with van der Waals surface area (Å²) >= 11 is 0. The highest BCUT2D eigenvalue weighted by molar-refractivity contribution is 5.74. The van der Waals surface area contributed by atoms with Crippen LogP contribution in [0, 0.1) is 5.92 Å². The van der Waals surface area contributed by atoms with Crippen LogP contribution in [0.5, 0.6) is 0 Å². The summed E-state index contributed by atoms with van der Waals surface area (Å²) in [7, 11) is 1.89. The van der Waals surface area contributed by atoms with Crippen molar-refractivity contribution in [1.82, 2.24) is 10.2 Å². The second kappa shape index (κ2) is 6.77. The molecule has 0 aromatic carbocycles. The molecule has 0 aromatic heterocycles. The lowest BCUT2D eigenvalue weighted by atomic mass is 9.96. The van der Waals surface area contributed by atoms with Gasteiger partial charge in [0.1, 0.15) is 0 Å². The van der Waals surface area contributed by atoms with Gasteiger partial charge in [-0.1, -0.05) is 39.5 Å². The summed E-state index contributed by atoms with van der Waals surface area (Å²) < 4.78 is 0. The maximum atomic E-state index is 11.9. The van der Waals surface area contributed by atoms with Crippen LogP contribution in [-0.2, 0) is 0 Å². The zero-order chi connectivity index (χ0) is 12.0. The van der Waals surface area contributed by atoms with E-state index in [1.165, 1.54) is 19.3 Å². The van der Waals surface area contributed by atoms with Crippen molar-refractivity contribution >= 4 is 6.03 Å². The lowest BCUT2D eigenvalue weighted by Crippen LogP contribution is -2.45. The summed E-state index contributed by atoms with van der Waals surface area (Å²) in [6.45, 7) is 5.21. The summed E-state index contributed by atoms with van der Waals surface area (Å²) in [5, 5.41) is 3.14. The molecule has 2 amide bonds. The first kappa shape index (κ1) is 13.3. The summed E-state index contributed by atoms with van der Waals surface area (Å²) in [6.07, 6.45) is 7.29. The van der Waals surface area contributed by atoms with Crippen molar-refractivity contribution in [2.45, 2.75) is 58.4 Å². The Bertz CT molecular complexity index is 212. The summed E-state index contributed by atoms with van der Waals surface area (Å²) in [6, 6.07) is 0.521. The van der Waals surface area contributed by atoms with E-state index < -0.39 is 0 Å². The molecule has 1 saturated carbocycles. The largest absolute Gasteiger partial charge is 0.335 e.